The summed E-state index contributed by atoms with van der Waals surface area (Å²) in [5.74, 6) is 1.26. The third-order valence-corrected chi connectivity index (χ3v) is 5.25. The van der Waals surface area contributed by atoms with Crippen LogP contribution >= 0.6 is 11.8 Å². The highest BCUT2D eigenvalue weighted by Gasteiger charge is 2.27. The first-order valence-corrected chi connectivity index (χ1v) is 8.20. The topological polar surface area (TPSA) is 42.7 Å². The molecule has 1 saturated heterocycles. The number of nitrogens with zero attached hydrogens (tertiary/aromatic N) is 3. The van der Waals surface area contributed by atoms with E-state index < -0.39 is 0 Å². The zero-order chi connectivity index (χ0) is 13.8. The van der Waals surface area contributed by atoms with E-state index in [1.807, 2.05) is 36.1 Å². The molecule has 1 aromatic heterocycles. The maximum absolute atomic E-state index is 4.27. The molecule has 20 heavy (non-hydrogen) atoms. The third kappa shape index (κ3) is 2.74. The monoisotopic (exact) mass is 288 g/mol. The molecule has 0 aliphatic carbocycles. The van der Waals surface area contributed by atoms with Crippen molar-refractivity contribution in [2.24, 2.45) is 0 Å². The Morgan fingerprint density at radius 2 is 2.15 bits per heavy atom. The van der Waals surface area contributed by atoms with Crippen LogP contribution in [0.25, 0.3) is 5.69 Å². The normalized spacial score (nSPS) is 20.8. The first kappa shape index (κ1) is 13.6. The highest BCUT2D eigenvalue weighted by Crippen LogP contribution is 2.34. The van der Waals surface area contributed by atoms with Crippen LogP contribution in [0, 0.1) is 0 Å². The van der Waals surface area contributed by atoms with Gasteiger partial charge in [-0.1, -0.05) is 29.8 Å². The van der Waals surface area contributed by atoms with Gasteiger partial charge in [-0.3, -0.25) is 0 Å². The third-order valence-electron chi connectivity index (χ3n) is 3.79. The number of rotatable bonds is 4. The van der Waals surface area contributed by atoms with Crippen molar-refractivity contribution < 1.29 is 0 Å². The van der Waals surface area contributed by atoms with Crippen LogP contribution < -0.4 is 5.32 Å². The fraction of sp³-hybridized carbons (Fsp3) is 0.467. The van der Waals surface area contributed by atoms with Crippen molar-refractivity contribution in [1.82, 2.24) is 20.3 Å². The molecule has 3 rings (SSSR count). The van der Waals surface area contributed by atoms with Crippen molar-refractivity contribution in [2.45, 2.75) is 30.6 Å². The van der Waals surface area contributed by atoms with E-state index in [-0.39, 0.29) is 0 Å². The second-order valence-electron chi connectivity index (χ2n) is 5.08. The van der Waals surface area contributed by atoms with Gasteiger partial charge in [-0.15, -0.1) is 5.10 Å². The van der Waals surface area contributed by atoms with Crippen molar-refractivity contribution in [3.05, 3.63) is 42.2 Å². The van der Waals surface area contributed by atoms with Gasteiger partial charge in [0.25, 0.3) is 0 Å². The Morgan fingerprint density at radius 3 is 2.85 bits per heavy atom. The Labute approximate surface area is 124 Å². The first-order chi connectivity index (χ1) is 9.90. The van der Waals surface area contributed by atoms with Gasteiger partial charge < -0.3 is 5.32 Å². The lowest BCUT2D eigenvalue weighted by molar-refractivity contribution is 0.494. The van der Waals surface area contributed by atoms with Crippen molar-refractivity contribution in [3.63, 3.8) is 0 Å². The van der Waals surface area contributed by atoms with Crippen LogP contribution in [0.2, 0.25) is 0 Å². The summed E-state index contributed by atoms with van der Waals surface area (Å²) in [5.41, 5.74) is 2.22. The molecule has 2 unspecified atom stereocenters. The number of benzene rings is 1. The minimum Gasteiger partial charge on any atom is -0.311 e. The zero-order valence-corrected chi connectivity index (χ0v) is 12.5. The number of thioether (sulfide) groups is 1. The number of aromatic nitrogens is 3. The lowest BCUT2D eigenvalue weighted by Crippen LogP contribution is -2.31. The number of hydrogen-bond acceptors (Lipinski definition) is 4. The van der Waals surface area contributed by atoms with Crippen molar-refractivity contribution in [3.8, 4) is 5.69 Å². The molecule has 0 amide bonds. The Balaban J connectivity index is 1.91. The van der Waals surface area contributed by atoms with E-state index in [4.69, 9.17) is 0 Å². The van der Waals surface area contributed by atoms with Gasteiger partial charge in [0.2, 0.25) is 0 Å². The summed E-state index contributed by atoms with van der Waals surface area (Å²) < 4.78 is 1.95. The highest BCUT2D eigenvalue weighted by molar-refractivity contribution is 8.00. The van der Waals surface area contributed by atoms with E-state index in [1.54, 1.807) is 0 Å². The highest BCUT2D eigenvalue weighted by atomic mass is 32.2. The average molecular weight is 288 g/mol. The smallest absolute Gasteiger partial charge is 0.0826 e. The van der Waals surface area contributed by atoms with Gasteiger partial charge in [0.05, 0.1) is 23.6 Å². The van der Waals surface area contributed by atoms with Gasteiger partial charge in [-0.05, 0) is 37.8 Å². The molecule has 4 nitrogen and oxygen atoms in total. The van der Waals surface area contributed by atoms with E-state index in [0.717, 1.165) is 11.4 Å². The number of hydrogen-bond donors (Lipinski definition) is 1. The van der Waals surface area contributed by atoms with E-state index in [0.29, 0.717) is 11.3 Å². The van der Waals surface area contributed by atoms with Gasteiger partial charge in [0.1, 0.15) is 0 Å². The fourth-order valence-electron chi connectivity index (χ4n) is 2.78. The second-order valence-corrected chi connectivity index (χ2v) is 6.42. The summed E-state index contributed by atoms with van der Waals surface area (Å²) >= 11 is 2.07. The van der Waals surface area contributed by atoms with Crippen LogP contribution in [-0.2, 0) is 0 Å². The molecular weight excluding hydrogens is 268 g/mol. The van der Waals surface area contributed by atoms with Crippen LogP contribution in [0.15, 0.2) is 36.5 Å². The molecule has 5 heteroatoms. The average Bonchev–Trinajstić information content (AvgIpc) is 2.99. The van der Waals surface area contributed by atoms with Crippen molar-refractivity contribution >= 4 is 11.8 Å². The largest absolute Gasteiger partial charge is 0.311 e. The van der Waals surface area contributed by atoms with Crippen molar-refractivity contribution in [1.29, 1.82) is 0 Å². The van der Waals surface area contributed by atoms with Gasteiger partial charge >= 0.3 is 0 Å². The van der Waals surface area contributed by atoms with Crippen LogP contribution in [0.1, 0.15) is 31.0 Å². The molecule has 2 atom stereocenters. The molecule has 1 aromatic carbocycles. The summed E-state index contributed by atoms with van der Waals surface area (Å²) in [7, 11) is 2.03. The molecule has 0 spiro atoms. The molecule has 1 aliphatic heterocycles. The maximum atomic E-state index is 4.27. The van der Waals surface area contributed by atoms with Crippen molar-refractivity contribution in [2.75, 3.05) is 12.8 Å². The second kappa shape index (κ2) is 6.41. The van der Waals surface area contributed by atoms with Gasteiger partial charge in [0.15, 0.2) is 0 Å². The molecule has 2 aromatic rings. The molecule has 0 saturated carbocycles. The molecular formula is C15H20N4S. The Bertz CT molecular complexity index is 534. The molecule has 1 N–H and O–H groups in total. The summed E-state index contributed by atoms with van der Waals surface area (Å²) in [6, 6.07) is 10.5. The predicted octanol–water partition coefficient (Wildman–Crippen LogP) is 2.81. The number of nitrogens with one attached hydrogen (secondary N) is 1. The quantitative estimate of drug-likeness (QED) is 0.939. The minimum absolute atomic E-state index is 0.301. The minimum atomic E-state index is 0.301. The van der Waals surface area contributed by atoms with Crippen LogP contribution in [0.3, 0.4) is 0 Å². The van der Waals surface area contributed by atoms with Gasteiger partial charge in [0, 0.05) is 5.25 Å². The lowest BCUT2D eigenvalue weighted by atomic mass is 10.0. The van der Waals surface area contributed by atoms with Crippen LogP contribution in [0.5, 0.6) is 0 Å². The van der Waals surface area contributed by atoms with Gasteiger partial charge in [-0.2, -0.15) is 11.8 Å². The van der Waals surface area contributed by atoms with E-state index >= 15 is 0 Å². The molecule has 0 bridgehead atoms. The summed E-state index contributed by atoms with van der Waals surface area (Å²) in [4.78, 5) is 0. The fourth-order valence-corrected chi connectivity index (χ4v) is 4.25. The standard InChI is InChI=1S/C15H20N4S/c1-16-15(14-9-5-6-10-20-14)13-11-17-18-19(13)12-7-3-2-4-8-12/h2-4,7-8,11,14-16H,5-6,9-10H2,1H3. The van der Waals surface area contributed by atoms with E-state index in [9.17, 15) is 0 Å². The molecule has 2 heterocycles. The Hall–Kier alpha value is -1.33. The summed E-state index contributed by atoms with van der Waals surface area (Å²) in [6.07, 6.45) is 5.82. The summed E-state index contributed by atoms with van der Waals surface area (Å²) in [6.45, 7) is 0. The predicted molar refractivity (Wildman–Crippen MR) is 83.3 cm³/mol. The number of para-hydroxylation sites is 1. The Kier molecular flexibility index (Phi) is 4.38. The molecule has 106 valence electrons. The summed E-state index contributed by atoms with van der Waals surface area (Å²) in [5, 5.41) is 12.5. The van der Waals surface area contributed by atoms with Crippen LogP contribution in [0.4, 0.5) is 0 Å². The molecule has 1 aliphatic rings. The maximum Gasteiger partial charge on any atom is 0.0826 e. The SMILES string of the molecule is CNC(c1cnnn1-c1ccccc1)C1CCCCS1. The van der Waals surface area contributed by atoms with E-state index in [2.05, 4.69) is 39.5 Å². The first-order valence-electron chi connectivity index (χ1n) is 7.15. The molecule has 1 fully saturated rings. The van der Waals surface area contributed by atoms with Gasteiger partial charge in [-0.25, -0.2) is 4.68 Å². The van der Waals surface area contributed by atoms with E-state index in [1.165, 1.54) is 25.0 Å². The van der Waals surface area contributed by atoms with Crippen LogP contribution in [-0.4, -0.2) is 33.0 Å². The molecule has 0 radical (unpaired) electrons. The lowest BCUT2D eigenvalue weighted by Gasteiger charge is -2.29. The Morgan fingerprint density at radius 1 is 1.30 bits per heavy atom. The zero-order valence-electron chi connectivity index (χ0n) is 11.7.